The summed E-state index contributed by atoms with van der Waals surface area (Å²) in [5.74, 6) is 0.370. The monoisotopic (exact) mass is 310 g/mol. The van der Waals surface area contributed by atoms with E-state index in [4.69, 9.17) is 4.74 Å². The third-order valence-electron chi connectivity index (χ3n) is 1.35. The molecule has 0 saturated carbocycles. The molecule has 0 bridgehead atoms. The van der Waals surface area contributed by atoms with Gasteiger partial charge >= 0.3 is 30.0 Å². The minimum absolute atomic E-state index is 0.308. The van der Waals surface area contributed by atoms with Crippen LogP contribution in [0.3, 0.4) is 0 Å². The van der Waals surface area contributed by atoms with E-state index in [2.05, 4.69) is 19.7 Å². The van der Waals surface area contributed by atoms with Gasteiger partial charge in [0.1, 0.15) is 0 Å². The summed E-state index contributed by atoms with van der Waals surface area (Å²) in [6.07, 6.45) is 0. The summed E-state index contributed by atoms with van der Waals surface area (Å²) in [7, 11) is 0. The van der Waals surface area contributed by atoms with Gasteiger partial charge in [-0.05, 0) is 5.92 Å². The third kappa shape index (κ3) is 5.71. The van der Waals surface area contributed by atoms with Gasteiger partial charge in [-0.25, -0.2) is 0 Å². The van der Waals surface area contributed by atoms with Crippen molar-refractivity contribution in [3.8, 4) is 5.75 Å². The maximum absolute atomic E-state index is 12.9. The Bertz CT molecular complexity index is 256. The maximum atomic E-state index is 12.9. The second kappa shape index (κ2) is 8.37. The Balaban J connectivity index is 0.000000791. The van der Waals surface area contributed by atoms with Crippen LogP contribution in [0.15, 0.2) is 18.2 Å². The summed E-state index contributed by atoms with van der Waals surface area (Å²) in [4.78, 5) is 0. The second-order valence-electron chi connectivity index (χ2n) is 3.06. The van der Waals surface area contributed by atoms with Gasteiger partial charge in [-0.15, -0.1) is 12.1 Å². The molecule has 0 aliphatic rings. The average molecular weight is 312 g/mol. The Kier molecular flexibility index (Phi) is 8.40. The van der Waals surface area contributed by atoms with Crippen molar-refractivity contribution in [1.29, 1.82) is 0 Å². The molecule has 14 heavy (non-hydrogen) atoms. The van der Waals surface area contributed by atoms with Crippen LogP contribution in [0.1, 0.15) is 13.8 Å². The fourth-order valence-electron chi connectivity index (χ4n) is 0.769. The minimum atomic E-state index is -0.349. The van der Waals surface area contributed by atoms with Crippen LogP contribution in [0.5, 0.6) is 5.75 Å². The third-order valence-corrected chi connectivity index (χ3v) is 1.35. The molecule has 0 radical (unpaired) electrons. The van der Waals surface area contributed by atoms with Gasteiger partial charge in [0.25, 0.3) is 0 Å². The molecule has 0 saturated heterocycles. The van der Waals surface area contributed by atoms with E-state index in [1.807, 2.05) is 13.8 Å². The molecule has 0 atom stereocenters. The zero-order valence-electron chi connectivity index (χ0n) is 8.39. The van der Waals surface area contributed by atoms with Crippen molar-refractivity contribution in [2.24, 2.45) is 5.92 Å². The molecular formula is C10H12BrFOZn. The van der Waals surface area contributed by atoms with Gasteiger partial charge < -0.3 is 4.74 Å². The second-order valence-corrected chi connectivity index (χ2v) is 3.06. The Labute approximate surface area is 101 Å². The number of hydrogen-bond donors (Lipinski definition) is 0. The topological polar surface area (TPSA) is 9.23 Å². The van der Waals surface area contributed by atoms with Crippen molar-refractivity contribution >= 4 is 13.6 Å². The first-order valence-electron chi connectivity index (χ1n) is 4.25. The van der Waals surface area contributed by atoms with Crippen molar-refractivity contribution in [3.05, 3.63) is 30.1 Å². The van der Waals surface area contributed by atoms with Gasteiger partial charge in [0.15, 0.2) is 0 Å². The van der Waals surface area contributed by atoms with E-state index in [1.165, 1.54) is 22.4 Å². The molecule has 74 valence electrons. The predicted molar refractivity (Wildman–Crippen MR) is 54.5 cm³/mol. The molecule has 1 aromatic rings. The van der Waals surface area contributed by atoms with E-state index in [1.54, 1.807) is 12.1 Å². The molecule has 0 N–H and O–H groups in total. The summed E-state index contributed by atoms with van der Waals surface area (Å²) < 4.78 is 18.1. The summed E-state index contributed by atoms with van der Waals surface area (Å²) in [5.41, 5.74) is 0. The van der Waals surface area contributed by atoms with Gasteiger partial charge in [0, 0.05) is 11.6 Å². The molecule has 0 fully saturated rings. The van der Waals surface area contributed by atoms with Crippen molar-refractivity contribution in [2.45, 2.75) is 13.8 Å². The fourth-order valence-corrected chi connectivity index (χ4v) is 0.769. The first kappa shape index (κ1) is 14.1. The van der Waals surface area contributed by atoms with Crippen LogP contribution >= 0.6 is 13.6 Å². The van der Waals surface area contributed by atoms with Gasteiger partial charge in [0.2, 0.25) is 0 Å². The molecule has 0 aliphatic heterocycles. The normalized spacial score (nSPS) is 9.36. The van der Waals surface area contributed by atoms with E-state index in [0.29, 0.717) is 18.3 Å². The molecule has 1 aromatic carbocycles. The van der Waals surface area contributed by atoms with Crippen LogP contribution in [0.2, 0.25) is 0 Å². The van der Waals surface area contributed by atoms with Crippen molar-refractivity contribution in [1.82, 2.24) is 0 Å². The standard InChI is InChI=1S/C10H12FO.BrH.Zn/c1-8(2)7-12-10-6-4-3-5-9(10)11;;/h4-6,8H,7H2,1-2H3;1H;/q-1;;+2/p-1. The summed E-state index contributed by atoms with van der Waals surface area (Å²) in [6.45, 7) is 4.58. The Morgan fingerprint density at radius 2 is 2.21 bits per heavy atom. The first-order chi connectivity index (χ1) is 6.70. The predicted octanol–water partition coefficient (Wildman–Crippen LogP) is 3.50. The van der Waals surface area contributed by atoms with Crippen LogP contribution in [0, 0.1) is 17.8 Å². The van der Waals surface area contributed by atoms with E-state index >= 15 is 0 Å². The summed E-state index contributed by atoms with van der Waals surface area (Å²) in [6, 6.07) is 7.13. The Hall–Kier alpha value is 0.0534. The molecule has 0 heterocycles. The Morgan fingerprint density at radius 1 is 1.57 bits per heavy atom. The summed E-state index contributed by atoms with van der Waals surface area (Å²) in [5, 5.41) is 0. The molecule has 0 aliphatic carbocycles. The molecule has 0 aromatic heterocycles. The van der Waals surface area contributed by atoms with Crippen molar-refractivity contribution < 1.29 is 25.5 Å². The molecule has 4 heteroatoms. The molecule has 1 rings (SSSR count). The molecular weight excluding hydrogens is 300 g/mol. The first-order valence-corrected chi connectivity index (χ1v) is 11.2. The fraction of sp³-hybridized carbons (Fsp3) is 0.400. The van der Waals surface area contributed by atoms with Crippen LogP contribution in [-0.2, 0) is 16.3 Å². The number of halogens is 2. The van der Waals surface area contributed by atoms with E-state index in [-0.39, 0.29) is 5.82 Å². The van der Waals surface area contributed by atoms with E-state index < -0.39 is 0 Å². The number of rotatable bonds is 3. The average Bonchev–Trinajstić information content (AvgIpc) is 2.19. The summed E-state index contributed by atoms with van der Waals surface area (Å²) >= 11 is 4.25. The van der Waals surface area contributed by atoms with Crippen LogP contribution < -0.4 is 4.74 Å². The quantitative estimate of drug-likeness (QED) is 0.613. The zero-order valence-corrected chi connectivity index (χ0v) is 12.9. The van der Waals surface area contributed by atoms with Gasteiger partial charge in [-0.2, -0.15) is 12.1 Å². The van der Waals surface area contributed by atoms with Gasteiger partial charge in [-0.3, -0.25) is 4.39 Å². The van der Waals surface area contributed by atoms with E-state index in [9.17, 15) is 4.39 Å². The number of hydrogen-bond acceptors (Lipinski definition) is 1. The van der Waals surface area contributed by atoms with Gasteiger partial charge in [-0.1, -0.05) is 13.8 Å². The van der Waals surface area contributed by atoms with E-state index in [0.717, 1.165) is 0 Å². The van der Waals surface area contributed by atoms with Crippen LogP contribution in [0.25, 0.3) is 0 Å². The van der Waals surface area contributed by atoms with Crippen molar-refractivity contribution in [3.63, 3.8) is 0 Å². The molecule has 0 unspecified atom stereocenters. The van der Waals surface area contributed by atoms with Crippen LogP contribution in [0.4, 0.5) is 4.39 Å². The molecule has 1 nitrogen and oxygen atoms in total. The SMILES string of the molecule is CC(C)COc1cc[c-]cc1F.[Zn+][Br]. The van der Waals surface area contributed by atoms with Gasteiger partial charge in [0.05, 0.1) is 6.61 Å². The van der Waals surface area contributed by atoms with Crippen LogP contribution in [-0.4, -0.2) is 6.61 Å². The Morgan fingerprint density at radius 3 is 2.71 bits per heavy atom. The zero-order chi connectivity index (χ0) is 11.0. The number of ether oxygens (including phenoxy) is 1. The molecule has 0 amide bonds. The molecule has 0 spiro atoms. The number of benzene rings is 1. The van der Waals surface area contributed by atoms with Crippen molar-refractivity contribution in [2.75, 3.05) is 6.61 Å².